The third-order valence-corrected chi connectivity index (χ3v) is 4.11. The maximum Gasteiger partial charge on any atom is 0.262 e. The van der Waals surface area contributed by atoms with Gasteiger partial charge in [0.05, 0.1) is 0 Å². The van der Waals surface area contributed by atoms with E-state index in [9.17, 15) is 9.90 Å². The van der Waals surface area contributed by atoms with Crippen molar-refractivity contribution in [3.63, 3.8) is 0 Å². The van der Waals surface area contributed by atoms with Crippen LogP contribution in [-0.4, -0.2) is 40.9 Å². The smallest absolute Gasteiger partial charge is 0.262 e. The number of anilines is 1. The van der Waals surface area contributed by atoms with E-state index < -0.39 is 11.7 Å². The molecule has 1 aromatic carbocycles. The van der Waals surface area contributed by atoms with Crippen LogP contribution in [0.1, 0.15) is 16.1 Å². The van der Waals surface area contributed by atoms with E-state index in [4.69, 9.17) is 27.9 Å². The molecule has 1 aliphatic heterocycles. The monoisotopic (exact) mass is 366 g/mol. The Bertz CT molecular complexity index is 854. The van der Waals surface area contributed by atoms with Crippen LogP contribution in [0.3, 0.4) is 0 Å². The number of carbonyl (C=O) groups excluding carboxylic acids is 1. The number of amides is 1. The van der Waals surface area contributed by atoms with E-state index in [0.717, 1.165) is 0 Å². The first-order valence-corrected chi connectivity index (χ1v) is 7.56. The topological polar surface area (TPSA) is 87.1 Å². The number of hydrogen-bond acceptors (Lipinski definition) is 6. The summed E-state index contributed by atoms with van der Waals surface area (Å²) in [5, 5.41) is 14.1. The summed E-state index contributed by atoms with van der Waals surface area (Å²) in [7, 11) is 3.09. The summed E-state index contributed by atoms with van der Waals surface area (Å²) >= 11 is 12.2. The summed E-state index contributed by atoms with van der Waals surface area (Å²) in [6.07, 6.45) is 1.59. The SMILES string of the molecule is CN(C)C(=O)c1c(O)c(Cl)c(Cl)c2c1NN=C(c1ccccn1)O2. The number of fused-ring (bicyclic) bond motifs is 1. The Morgan fingerprint density at radius 3 is 2.67 bits per heavy atom. The minimum absolute atomic E-state index is 0.0321. The van der Waals surface area contributed by atoms with Gasteiger partial charge in [0.1, 0.15) is 27.0 Å². The molecular weight excluding hydrogens is 355 g/mol. The van der Waals surface area contributed by atoms with Crippen molar-refractivity contribution < 1.29 is 14.6 Å². The van der Waals surface area contributed by atoms with Crippen LogP contribution >= 0.6 is 23.2 Å². The zero-order chi connectivity index (χ0) is 17.4. The second-order valence-corrected chi connectivity index (χ2v) is 5.86. The molecule has 0 fully saturated rings. The van der Waals surface area contributed by atoms with Crippen molar-refractivity contribution in [1.29, 1.82) is 0 Å². The van der Waals surface area contributed by atoms with E-state index in [1.807, 2.05) is 0 Å². The molecule has 3 rings (SSSR count). The molecule has 124 valence electrons. The van der Waals surface area contributed by atoms with Crippen LogP contribution in [-0.2, 0) is 0 Å². The van der Waals surface area contributed by atoms with Crippen molar-refractivity contribution in [3.8, 4) is 11.5 Å². The number of carbonyl (C=O) groups is 1. The first-order chi connectivity index (χ1) is 11.4. The number of nitrogens with zero attached hydrogens (tertiary/aromatic N) is 3. The Labute approximate surface area is 147 Å². The van der Waals surface area contributed by atoms with Crippen molar-refractivity contribution in [1.82, 2.24) is 9.88 Å². The van der Waals surface area contributed by atoms with Crippen LogP contribution in [0.4, 0.5) is 5.69 Å². The summed E-state index contributed by atoms with van der Waals surface area (Å²) in [6, 6.07) is 5.23. The highest BCUT2D eigenvalue weighted by molar-refractivity contribution is 6.45. The number of hydrazone groups is 1. The number of ether oxygens (including phenoxy) is 1. The average Bonchev–Trinajstić information content (AvgIpc) is 2.60. The molecule has 0 radical (unpaired) electrons. The van der Waals surface area contributed by atoms with E-state index in [1.165, 1.54) is 4.90 Å². The fourth-order valence-electron chi connectivity index (χ4n) is 2.11. The number of aromatic hydroxyl groups is 1. The van der Waals surface area contributed by atoms with E-state index in [0.29, 0.717) is 5.69 Å². The number of hydrogen-bond donors (Lipinski definition) is 2. The molecule has 0 aliphatic carbocycles. The molecule has 0 unspecified atom stereocenters. The van der Waals surface area contributed by atoms with Gasteiger partial charge in [-0.3, -0.25) is 15.2 Å². The highest BCUT2D eigenvalue weighted by Crippen LogP contribution is 2.49. The van der Waals surface area contributed by atoms with Crippen LogP contribution in [0, 0.1) is 0 Å². The zero-order valence-electron chi connectivity index (χ0n) is 12.7. The Balaban J connectivity index is 2.14. The second kappa shape index (κ2) is 6.18. The van der Waals surface area contributed by atoms with Crippen LogP contribution in [0.2, 0.25) is 10.0 Å². The maximum absolute atomic E-state index is 12.4. The fraction of sp³-hybridized carbons (Fsp3) is 0.133. The predicted octanol–water partition coefficient (Wildman–Crippen LogP) is 2.96. The lowest BCUT2D eigenvalue weighted by Crippen LogP contribution is -2.26. The fourth-order valence-corrected chi connectivity index (χ4v) is 2.52. The number of pyridine rings is 1. The van der Waals surface area contributed by atoms with Crippen molar-refractivity contribution in [2.24, 2.45) is 5.10 Å². The predicted molar refractivity (Wildman–Crippen MR) is 91.2 cm³/mol. The molecule has 0 saturated carbocycles. The van der Waals surface area contributed by atoms with Gasteiger partial charge in [-0.05, 0) is 12.1 Å². The van der Waals surface area contributed by atoms with E-state index in [1.54, 1.807) is 38.5 Å². The highest BCUT2D eigenvalue weighted by atomic mass is 35.5. The molecule has 2 N–H and O–H groups in total. The van der Waals surface area contributed by atoms with Gasteiger partial charge in [0.2, 0.25) is 0 Å². The molecule has 24 heavy (non-hydrogen) atoms. The Hall–Kier alpha value is -2.51. The van der Waals surface area contributed by atoms with Crippen LogP contribution < -0.4 is 10.2 Å². The van der Waals surface area contributed by atoms with E-state index in [2.05, 4.69) is 15.5 Å². The molecule has 1 aliphatic rings. The number of aromatic nitrogens is 1. The summed E-state index contributed by atoms with van der Waals surface area (Å²) in [5.41, 5.74) is 3.23. The van der Waals surface area contributed by atoms with Gasteiger partial charge in [0.15, 0.2) is 11.5 Å². The van der Waals surface area contributed by atoms with Crippen molar-refractivity contribution in [3.05, 3.63) is 45.7 Å². The summed E-state index contributed by atoms with van der Waals surface area (Å²) in [4.78, 5) is 17.8. The van der Waals surface area contributed by atoms with Gasteiger partial charge in [0, 0.05) is 20.3 Å². The van der Waals surface area contributed by atoms with E-state index >= 15 is 0 Å². The van der Waals surface area contributed by atoms with Gasteiger partial charge >= 0.3 is 0 Å². The Morgan fingerprint density at radius 2 is 2.04 bits per heavy atom. The highest BCUT2D eigenvalue weighted by Gasteiger charge is 2.31. The lowest BCUT2D eigenvalue weighted by molar-refractivity contribution is 0.0825. The van der Waals surface area contributed by atoms with Gasteiger partial charge in [-0.25, -0.2) is 0 Å². The first kappa shape index (κ1) is 16.4. The minimum atomic E-state index is -0.477. The number of nitrogens with one attached hydrogen (secondary N) is 1. The Morgan fingerprint density at radius 1 is 1.29 bits per heavy atom. The van der Waals surface area contributed by atoms with Crippen LogP contribution in [0.5, 0.6) is 11.5 Å². The number of phenolic OH excluding ortho intramolecular Hbond substituents is 1. The molecule has 0 spiro atoms. The molecule has 1 aromatic heterocycles. The van der Waals surface area contributed by atoms with Gasteiger partial charge in [-0.2, -0.15) is 0 Å². The molecule has 0 saturated heterocycles. The lowest BCUT2D eigenvalue weighted by atomic mass is 10.1. The molecule has 7 nitrogen and oxygen atoms in total. The van der Waals surface area contributed by atoms with Crippen molar-refractivity contribution in [2.75, 3.05) is 19.5 Å². The number of phenols is 1. The number of rotatable bonds is 2. The number of halogens is 2. The van der Waals surface area contributed by atoms with Crippen molar-refractivity contribution >= 4 is 40.7 Å². The molecule has 9 heteroatoms. The molecule has 2 heterocycles. The number of benzene rings is 1. The Kier molecular flexibility index (Phi) is 4.21. The molecular formula is C15H12Cl2N4O3. The lowest BCUT2D eigenvalue weighted by Gasteiger charge is -2.23. The largest absolute Gasteiger partial charge is 0.505 e. The van der Waals surface area contributed by atoms with Gasteiger partial charge in [-0.1, -0.05) is 29.3 Å². The standard InChI is InChI=1S/C15H12Cl2N4O3/c1-21(2)15(23)8-11-13(10(17)9(16)12(8)22)24-14(20-19-11)7-5-3-4-6-18-7/h3-6,19,22H,1-2H3. The van der Waals surface area contributed by atoms with E-state index in [-0.39, 0.29) is 32.9 Å². The zero-order valence-corrected chi connectivity index (χ0v) is 14.2. The normalized spacial score (nSPS) is 12.6. The third kappa shape index (κ3) is 2.61. The quantitative estimate of drug-likeness (QED) is 0.852. The summed E-state index contributed by atoms with van der Waals surface area (Å²) < 4.78 is 5.68. The van der Waals surface area contributed by atoms with Crippen molar-refractivity contribution in [2.45, 2.75) is 0 Å². The summed E-state index contributed by atoms with van der Waals surface area (Å²) in [6.45, 7) is 0. The van der Waals surface area contributed by atoms with Crippen LogP contribution in [0.15, 0.2) is 29.5 Å². The van der Waals surface area contributed by atoms with Gasteiger partial charge in [0.25, 0.3) is 11.8 Å². The van der Waals surface area contributed by atoms with Gasteiger partial charge in [-0.15, -0.1) is 5.10 Å². The maximum atomic E-state index is 12.4. The first-order valence-electron chi connectivity index (χ1n) is 6.80. The molecule has 0 bridgehead atoms. The minimum Gasteiger partial charge on any atom is -0.505 e. The molecule has 1 amide bonds. The summed E-state index contributed by atoms with van der Waals surface area (Å²) in [5.74, 6) is -0.656. The second-order valence-electron chi connectivity index (χ2n) is 5.10. The molecule has 0 atom stereocenters. The van der Waals surface area contributed by atoms with Crippen LogP contribution in [0.25, 0.3) is 0 Å². The average molecular weight is 367 g/mol. The van der Waals surface area contributed by atoms with Gasteiger partial charge < -0.3 is 14.7 Å². The molecule has 2 aromatic rings. The third-order valence-electron chi connectivity index (χ3n) is 3.29.